The Morgan fingerprint density at radius 3 is 2.78 bits per heavy atom. The Morgan fingerprint density at radius 1 is 1.31 bits per heavy atom. The van der Waals surface area contributed by atoms with E-state index in [1.54, 1.807) is 11.0 Å². The Hall–Kier alpha value is -1.60. The normalized spacial score (nSPS) is 23.0. The van der Waals surface area contributed by atoms with Crippen LogP contribution in [0.1, 0.15) is 63.1 Å². The van der Waals surface area contributed by atoms with Gasteiger partial charge in [0, 0.05) is 31.7 Å². The van der Waals surface area contributed by atoms with E-state index in [9.17, 15) is 18.0 Å². The number of amides is 1. The summed E-state index contributed by atoms with van der Waals surface area (Å²) in [6.07, 6.45) is -0.0953. The second-order valence-corrected chi connectivity index (χ2v) is 9.42. The van der Waals surface area contributed by atoms with Gasteiger partial charge in [-0.1, -0.05) is 26.8 Å². The van der Waals surface area contributed by atoms with E-state index in [1.807, 2.05) is 6.92 Å². The van der Waals surface area contributed by atoms with Gasteiger partial charge in [-0.15, -0.1) is 0 Å². The topological polar surface area (TPSA) is 32.8 Å². The van der Waals surface area contributed by atoms with Crippen molar-refractivity contribution in [3.8, 4) is 0 Å². The summed E-state index contributed by atoms with van der Waals surface area (Å²) >= 11 is 0. The summed E-state index contributed by atoms with van der Waals surface area (Å²) in [7, 11) is 0. The lowest BCUT2D eigenvalue weighted by Crippen LogP contribution is -2.45. The number of rotatable bonds is 7. The van der Waals surface area contributed by atoms with Crippen molar-refractivity contribution in [2.75, 3.05) is 32.8 Å². The Bertz CT molecular complexity index is 768. The number of fused-ring (bicyclic) bond motifs is 1. The van der Waals surface area contributed by atoms with Crippen LogP contribution in [-0.2, 0) is 28.7 Å². The maximum atomic E-state index is 13.1. The van der Waals surface area contributed by atoms with Gasteiger partial charge in [0.1, 0.15) is 0 Å². The number of benzene rings is 1. The Morgan fingerprint density at radius 2 is 2.09 bits per heavy atom. The van der Waals surface area contributed by atoms with E-state index in [4.69, 9.17) is 4.74 Å². The molecule has 3 rings (SSSR count). The number of carbonyl (C=O) groups is 1. The number of carbonyl (C=O) groups excluding carboxylic acids is 1. The molecule has 1 saturated heterocycles. The first-order valence-electron chi connectivity index (χ1n) is 12.0. The highest BCUT2D eigenvalue weighted by Crippen LogP contribution is 2.32. The molecule has 3 atom stereocenters. The SMILES string of the molecule is CCN(CCCC(C)C(=O)N1CCCc2ccc(C(F)(F)F)cc2C1)[C@H]1CCOCC1C. The lowest BCUT2D eigenvalue weighted by Gasteiger charge is -2.38. The minimum atomic E-state index is -4.36. The van der Waals surface area contributed by atoms with Gasteiger partial charge in [0.15, 0.2) is 0 Å². The highest BCUT2D eigenvalue weighted by molar-refractivity contribution is 5.78. The van der Waals surface area contributed by atoms with Crippen LogP contribution in [0.25, 0.3) is 0 Å². The molecule has 0 N–H and O–H groups in total. The molecule has 0 spiro atoms. The number of hydrogen-bond donors (Lipinski definition) is 0. The molecule has 1 amide bonds. The lowest BCUT2D eigenvalue weighted by molar-refractivity contribution is -0.137. The van der Waals surface area contributed by atoms with E-state index < -0.39 is 11.7 Å². The van der Waals surface area contributed by atoms with Crippen molar-refractivity contribution < 1.29 is 22.7 Å². The van der Waals surface area contributed by atoms with E-state index >= 15 is 0 Å². The molecule has 0 bridgehead atoms. The van der Waals surface area contributed by atoms with Gasteiger partial charge >= 0.3 is 6.18 Å². The third kappa shape index (κ3) is 6.25. The molecule has 2 aliphatic rings. The molecule has 1 aromatic rings. The standard InChI is InChI=1S/C25H37F3N2O2/c1-4-29(23-11-14-32-17-19(23)3)12-5-7-18(2)24(31)30-13-6-8-20-9-10-22(25(26,27)28)15-21(20)16-30/h9-10,15,18-19,23H,4-8,11-14,16-17H2,1-3H3/t18?,19?,23-/m0/s1. The van der Waals surface area contributed by atoms with Crippen molar-refractivity contribution in [2.45, 2.75) is 71.6 Å². The molecule has 2 aliphatic heterocycles. The molecular formula is C25H37F3N2O2. The third-order valence-electron chi connectivity index (χ3n) is 7.06. The first kappa shape index (κ1) is 25.0. The molecule has 0 aromatic heterocycles. The number of halogens is 3. The van der Waals surface area contributed by atoms with Crippen LogP contribution in [0.4, 0.5) is 13.2 Å². The number of ether oxygens (including phenoxy) is 1. The average molecular weight is 455 g/mol. The molecular weight excluding hydrogens is 417 g/mol. The van der Waals surface area contributed by atoms with Crippen LogP contribution in [0.2, 0.25) is 0 Å². The van der Waals surface area contributed by atoms with Crippen LogP contribution < -0.4 is 0 Å². The van der Waals surface area contributed by atoms with Crippen LogP contribution in [0.3, 0.4) is 0 Å². The lowest BCUT2D eigenvalue weighted by atomic mass is 9.95. The predicted molar refractivity (Wildman–Crippen MR) is 119 cm³/mol. The van der Waals surface area contributed by atoms with Crippen LogP contribution in [-0.4, -0.2) is 54.6 Å². The van der Waals surface area contributed by atoms with Gasteiger partial charge in [0.05, 0.1) is 12.2 Å². The van der Waals surface area contributed by atoms with E-state index in [2.05, 4.69) is 18.7 Å². The maximum absolute atomic E-state index is 13.1. The second kappa shape index (κ2) is 11.0. The highest BCUT2D eigenvalue weighted by Gasteiger charge is 2.32. The van der Waals surface area contributed by atoms with Crippen molar-refractivity contribution in [3.05, 3.63) is 34.9 Å². The van der Waals surface area contributed by atoms with Gasteiger partial charge in [0.2, 0.25) is 5.91 Å². The van der Waals surface area contributed by atoms with E-state index in [1.165, 1.54) is 6.07 Å². The molecule has 1 aromatic carbocycles. The van der Waals surface area contributed by atoms with Crippen molar-refractivity contribution in [1.82, 2.24) is 9.80 Å². The van der Waals surface area contributed by atoms with Crippen molar-refractivity contribution >= 4 is 5.91 Å². The van der Waals surface area contributed by atoms with E-state index in [0.717, 1.165) is 63.6 Å². The Kier molecular flexibility index (Phi) is 8.62. The molecule has 2 heterocycles. The molecule has 0 aliphatic carbocycles. The summed E-state index contributed by atoms with van der Waals surface area (Å²) in [5.41, 5.74) is 0.911. The fourth-order valence-electron chi connectivity index (χ4n) is 5.13. The number of hydrogen-bond acceptors (Lipinski definition) is 3. The van der Waals surface area contributed by atoms with Gasteiger partial charge in [-0.25, -0.2) is 0 Å². The molecule has 1 fully saturated rings. The van der Waals surface area contributed by atoms with E-state index in [0.29, 0.717) is 30.5 Å². The zero-order valence-corrected chi connectivity index (χ0v) is 19.6. The summed E-state index contributed by atoms with van der Waals surface area (Å²) < 4.78 is 45.0. The Labute approximate surface area is 190 Å². The molecule has 7 heteroatoms. The quantitative estimate of drug-likeness (QED) is 0.572. The summed E-state index contributed by atoms with van der Waals surface area (Å²) in [5.74, 6) is 0.437. The third-order valence-corrected chi connectivity index (χ3v) is 7.06. The number of alkyl halides is 3. The molecule has 2 unspecified atom stereocenters. The van der Waals surface area contributed by atoms with Crippen LogP contribution >= 0.6 is 0 Å². The van der Waals surface area contributed by atoms with E-state index in [-0.39, 0.29) is 18.4 Å². The van der Waals surface area contributed by atoms with Crippen LogP contribution in [0, 0.1) is 11.8 Å². The summed E-state index contributed by atoms with van der Waals surface area (Å²) in [6, 6.07) is 4.48. The minimum absolute atomic E-state index is 0.0535. The fourth-order valence-corrected chi connectivity index (χ4v) is 5.13. The second-order valence-electron chi connectivity index (χ2n) is 9.42. The van der Waals surface area contributed by atoms with Gasteiger partial charge in [0.25, 0.3) is 0 Å². The largest absolute Gasteiger partial charge is 0.416 e. The van der Waals surface area contributed by atoms with Gasteiger partial charge in [-0.3, -0.25) is 4.79 Å². The van der Waals surface area contributed by atoms with Gasteiger partial charge in [-0.05, 0) is 74.4 Å². The molecule has 180 valence electrons. The molecule has 32 heavy (non-hydrogen) atoms. The van der Waals surface area contributed by atoms with Gasteiger partial charge in [-0.2, -0.15) is 13.2 Å². The van der Waals surface area contributed by atoms with Crippen LogP contribution in [0.5, 0.6) is 0 Å². The summed E-state index contributed by atoms with van der Waals surface area (Å²) in [5, 5.41) is 0. The minimum Gasteiger partial charge on any atom is -0.381 e. The average Bonchev–Trinajstić information content (AvgIpc) is 2.98. The zero-order chi connectivity index (χ0) is 23.3. The van der Waals surface area contributed by atoms with Crippen LogP contribution in [0.15, 0.2) is 18.2 Å². The molecule has 0 saturated carbocycles. The summed E-state index contributed by atoms with van der Waals surface area (Å²) in [4.78, 5) is 17.4. The number of nitrogens with zero attached hydrogens (tertiary/aromatic N) is 2. The highest BCUT2D eigenvalue weighted by atomic mass is 19.4. The predicted octanol–water partition coefficient (Wildman–Crippen LogP) is 5.14. The molecule has 0 radical (unpaired) electrons. The Balaban J connectivity index is 1.56. The van der Waals surface area contributed by atoms with Crippen molar-refractivity contribution in [1.29, 1.82) is 0 Å². The monoisotopic (exact) mass is 454 g/mol. The zero-order valence-electron chi connectivity index (χ0n) is 19.6. The summed E-state index contributed by atoms with van der Waals surface area (Å²) in [6.45, 7) is 10.8. The first-order chi connectivity index (χ1) is 15.2. The first-order valence-corrected chi connectivity index (χ1v) is 12.0. The van der Waals surface area contributed by atoms with Gasteiger partial charge < -0.3 is 14.5 Å². The van der Waals surface area contributed by atoms with Crippen molar-refractivity contribution in [3.63, 3.8) is 0 Å². The maximum Gasteiger partial charge on any atom is 0.416 e. The fraction of sp³-hybridized carbons (Fsp3) is 0.720. The smallest absolute Gasteiger partial charge is 0.381 e. The number of aryl methyl sites for hydroxylation is 1. The van der Waals surface area contributed by atoms with Crippen molar-refractivity contribution in [2.24, 2.45) is 11.8 Å². The molecule has 4 nitrogen and oxygen atoms in total.